The number of benzene rings is 7. The van der Waals surface area contributed by atoms with E-state index < -0.39 is 0 Å². The second-order valence-electron chi connectivity index (χ2n) is 20.7. The Labute approximate surface area is 408 Å². The fourth-order valence-electron chi connectivity index (χ4n) is 9.50. The molecule has 3 aromatic heterocycles. The molecule has 7 heteroatoms. The topological polar surface area (TPSA) is 38.5 Å². The fraction of sp³-hybridized carbons (Fsp3) is 0.200. The maximum atomic E-state index is 6.66. The van der Waals surface area contributed by atoms with Crippen LogP contribution in [-0.4, -0.2) is 14.1 Å². The van der Waals surface area contributed by atoms with E-state index >= 15 is 0 Å². The Bertz CT molecular complexity index is 3450. The number of hydrogen-bond donors (Lipinski definition) is 0. The SMILES string of the molecule is CC(C)(C)c1ccnc(-n2c3[c-]c(Oc4[c-]c(N5[CH-]N(c6ccccc6-n6c7ccc(C(C)(C)C)cc7c7cc(C(C)(C)C)ccc76)c6ccccc65)ccc4)ccc3c3ccccc32)c1.[Pt]. The molecule has 11 rings (SSSR count). The average molecular weight is 1060 g/mol. The summed E-state index contributed by atoms with van der Waals surface area (Å²) >= 11 is 0. The van der Waals surface area contributed by atoms with Gasteiger partial charge in [-0.2, -0.15) is 12.1 Å². The second kappa shape index (κ2) is 16.3. The van der Waals surface area contributed by atoms with Gasteiger partial charge in [-0.1, -0.05) is 122 Å². The van der Waals surface area contributed by atoms with Crippen molar-refractivity contribution < 1.29 is 25.8 Å². The first-order valence-electron chi connectivity index (χ1n) is 23.0. The Kier molecular flexibility index (Phi) is 10.8. The molecule has 0 atom stereocenters. The van der Waals surface area contributed by atoms with Crippen LogP contribution in [0.3, 0.4) is 0 Å². The molecule has 10 aromatic rings. The molecule has 0 saturated heterocycles. The predicted octanol–water partition coefficient (Wildman–Crippen LogP) is 16.0. The van der Waals surface area contributed by atoms with Gasteiger partial charge in [0.15, 0.2) is 0 Å². The molecule has 0 N–H and O–H groups in total. The van der Waals surface area contributed by atoms with Crippen LogP contribution in [0.1, 0.15) is 79.0 Å². The molecule has 0 bridgehead atoms. The first kappa shape index (κ1) is 44.2. The van der Waals surface area contributed by atoms with Gasteiger partial charge in [0.05, 0.1) is 16.7 Å². The first-order chi connectivity index (χ1) is 31.6. The van der Waals surface area contributed by atoms with Crippen molar-refractivity contribution >= 4 is 66.4 Å². The number of nitrogens with zero attached hydrogens (tertiary/aromatic N) is 5. The molecule has 0 amide bonds. The maximum absolute atomic E-state index is 6.66. The molecule has 0 fully saturated rings. The molecule has 1 aliphatic rings. The third-order valence-electron chi connectivity index (χ3n) is 13.1. The number of rotatable bonds is 6. The van der Waals surface area contributed by atoms with Gasteiger partial charge in [-0.05, 0) is 105 Å². The summed E-state index contributed by atoms with van der Waals surface area (Å²) in [6.45, 7) is 22.6. The summed E-state index contributed by atoms with van der Waals surface area (Å²) in [7, 11) is 0. The van der Waals surface area contributed by atoms with E-state index in [0.29, 0.717) is 11.5 Å². The zero-order valence-electron chi connectivity index (χ0n) is 39.5. The Morgan fingerprint density at radius 1 is 0.448 bits per heavy atom. The molecule has 0 spiro atoms. The molecule has 7 aromatic carbocycles. The van der Waals surface area contributed by atoms with Gasteiger partial charge in [0.1, 0.15) is 5.82 Å². The van der Waals surface area contributed by atoms with Crippen molar-refractivity contribution in [2.45, 2.75) is 78.6 Å². The number of aromatic nitrogens is 3. The number of para-hydroxylation sites is 5. The largest absolute Gasteiger partial charge is 0.509 e. The van der Waals surface area contributed by atoms with Crippen molar-refractivity contribution in [2.24, 2.45) is 0 Å². The van der Waals surface area contributed by atoms with Crippen LogP contribution >= 0.6 is 0 Å². The third kappa shape index (κ3) is 7.70. The van der Waals surface area contributed by atoms with Crippen molar-refractivity contribution in [3.05, 3.63) is 193 Å². The molecule has 4 heterocycles. The smallest absolute Gasteiger partial charge is 0.135 e. The van der Waals surface area contributed by atoms with Crippen LogP contribution in [0.5, 0.6) is 11.5 Å². The second-order valence-corrected chi connectivity index (χ2v) is 20.7. The Morgan fingerprint density at radius 2 is 0.985 bits per heavy atom. The van der Waals surface area contributed by atoms with Gasteiger partial charge in [-0.3, -0.25) is 0 Å². The minimum Gasteiger partial charge on any atom is -0.509 e. The summed E-state index contributed by atoms with van der Waals surface area (Å²) in [6, 6.07) is 61.5. The Morgan fingerprint density at radius 3 is 1.63 bits per heavy atom. The van der Waals surface area contributed by atoms with Crippen molar-refractivity contribution in [1.29, 1.82) is 0 Å². The minimum atomic E-state index is -0.0249. The van der Waals surface area contributed by atoms with Crippen molar-refractivity contribution in [3.8, 4) is 23.0 Å². The van der Waals surface area contributed by atoms with Crippen LogP contribution in [0.25, 0.3) is 55.1 Å². The van der Waals surface area contributed by atoms with Crippen LogP contribution in [-0.2, 0) is 37.3 Å². The van der Waals surface area contributed by atoms with E-state index in [1.165, 1.54) is 38.5 Å². The van der Waals surface area contributed by atoms with Gasteiger partial charge in [0.25, 0.3) is 0 Å². The molecule has 0 saturated carbocycles. The van der Waals surface area contributed by atoms with E-state index in [9.17, 15) is 0 Å². The van der Waals surface area contributed by atoms with Crippen LogP contribution < -0.4 is 14.5 Å². The third-order valence-corrected chi connectivity index (χ3v) is 13.1. The Hall–Kier alpha value is -6.62. The average Bonchev–Trinajstić information content (AvgIpc) is 3.96. The fourth-order valence-corrected chi connectivity index (χ4v) is 9.50. The van der Waals surface area contributed by atoms with Gasteiger partial charge in [0.2, 0.25) is 0 Å². The van der Waals surface area contributed by atoms with Gasteiger partial charge in [-0.15, -0.1) is 48.1 Å². The summed E-state index contributed by atoms with van der Waals surface area (Å²) in [5.41, 5.74) is 13.4. The van der Waals surface area contributed by atoms with Crippen LogP contribution in [0.2, 0.25) is 0 Å². The zero-order chi connectivity index (χ0) is 45.7. The van der Waals surface area contributed by atoms with Crippen molar-refractivity contribution in [1.82, 2.24) is 14.1 Å². The van der Waals surface area contributed by atoms with Crippen LogP contribution in [0, 0.1) is 18.8 Å². The van der Waals surface area contributed by atoms with E-state index in [4.69, 9.17) is 9.72 Å². The molecule has 0 unspecified atom stereocenters. The first-order valence-corrected chi connectivity index (χ1v) is 23.0. The summed E-state index contributed by atoms with van der Waals surface area (Å²) in [5, 5.41) is 4.76. The summed E-state index contributed by atoms with van der Waals surface area (Å²) in [5.74, 6) is 2.05. The van der Waals surface area contributed by atoms with Gasteiger partial charge in [0, 0.05) is 72.1 Å². The van der Waals surface area contributed by atoms with Crippen molar-refractivity contribution in [2.75, 3.05) is 9.80 Å². The van der Waals surface area contributed by atoms with E-state index in [2.05, 4.69) is 234 Å². The van der Waals surface area contributed by atoms with Crippen LogP contribution in [0.15, 0.2) is 158 Å². The monoisotopic (exact) mass is 1060 g/mol. The van der Waals surface area contributed by atoms with E-state index in [1.807, 2.05) is 24.4 Å². The quantitative estimate of drug-likeness (QED) is 0.156. The number of anilines is 4. The number of fused-ring (bicyclic) bond motifs is 7. The molecule has 0 radical (unpaired) electrons. The summed E-state index contributed by atoms with van der Waals surface area (Å²) in [4.78, 5) is 9.37. The number of pyridine rings is 1. The van der Waals surface area contributed by atoms with Gasteiger partial charge < -0.3 is 23.7 Å². The van der Waals surface area contributed by atoms with E-state index in [-0.39, 0.29) is 37.3 Å². The van der Waals surface area contributed by atoms with Gasteiger partial charge in [-0.25, -0.2) is 4.98 Å². The molecule has 6 nitrogen and oxygen atoms in total. The molecule has 0 aliphatic carbocycles. The molecule has 338 valence electrons. The van der Waals surface area contributed by atoms with Gasteiger partial charge >= 0.3 is 0 Å². The van der Waals surface area contributed by atoms with E-state index in [1.54, 1.807) is 0 Å². The summed E-state index contributed by atoms with van der Waals surface area (Å²) in [6.07, 6.45) is 1.90. The molecule has 67 heavy (non-hydrogen) atoms. The number of ether oxygens (including phenoxy) is 1. The minimum absolute atomic E-state index is 0. The molecular formula is C60H54N5OPt-3. The molecular weight excluding hydrogens is 1000 g/mol. The Balaban J connectivity index is 0.00000525. The van der Waals surface area contributed by atoms with Crippen LogP contribution in [0.4, 0.5) is 22.7 Å². The predicted molar refractivity (Wildman–Crippen MR) is 275 cm³/mol. The maximum Gasteiger partial charge on any atom is 0.135 e. The normalized spacial score (nSPS) is 13.2. The molecule has 1 aliphatic heterocycles. The van der Waals surface area contributed by atoms with E-state index in [0.717, 1.165) is 56.1 Å². The summed E-state index contributed by atoms with van der Waals surface area (Å²) < 4.78 is 11.3. The number of hydrogen-bond acceptors (Lipinski definition) is 4. The van der Waals surface area contributed by atoms with Crippen molar-refractivity contribution in [3.63, 3.8) is 0 Å². The standard InChI is InChI=1S/C60H54N5O.Pt/c1-58(2,3)39-25-29-50-47(33-39)48-34-40(59(4,5)6)26-30-51(48)64(50)55-24-15-14-23-54(55)63-38-62(52-21-12-13-22-53(52)63)42-17-16-18-43(36-42)66-44-27-28-46-45-19-10-11-20-49(45)65(56(46)37-44)57-35-41(31-32-61-57)60(7,8)9;/h10-35,38H,1-9H3;/q-3;. The zero-order valence-corrected chi connectivity index (χ0v) is 41.8.